The summed E-state index contributed by atoms with van der Waals surface area (Å²) in [4.78, 5) is 29.5. The fourth-order valence-corrected chi connectivity index (χ4v) is 4.69. The van der Waals surface area contributed by atoms with Gasteiger partial charge in [0.05, 0.1) is 17.7 Å². The Hall–Kier alpha value is -4.29. The topological polar surface area (TPSA) is 133 Å². The number of nitrogens with zero attached hydrogens (tertiary/aromatic N) is 2. The predicted octanol–water partition coefficient (Wildman–Crippen LogP) is 2.99. The zero-order valence-corrected chi connectivity index (χ0v) is 21.4. The van der Waals surface area contributed by atoms with Crippen molar-refractivity contribution in [2.24, 2.45) is 5.92 Å². The minimum absolute atomic E-state index is 0.198. The highest BCUT2D eigenvalue weighted by atomic mass is 19.1. The molecule has 3 aromatic rings. The van der Waals surface area contributed by atoms with Crippen LogP contribution in [0.3, 0.4) is 0 Å². The number of nitrogens with one attached hydrogen (secondary N) is 3. The van der Waals surface area contributed by atoms with Gasteiger partial charge < -0.3 is 21.7 Å². The zero-order valence-electron chi connectivity index (χ0n) is 21.4. The lowest BCUT2D eigenvalue weighted by molar-refractivity contribution is -0.129. The monoisotopic (exact) mass is 514 g/mol. The van der Waals surface area contributed by atoms with Gasteiger partial charge in [-0.05, 0) is 79.6 Å². The van der Waals surface area contributed by atoms with Crippen LogP contribution in [-0.2, 0) is 22.6 Å². The molecule has 196 valence electrons. The average molecular weight is 515 g/mol. The van der Waals surface area contributed by atoms with E-state index in [0.29, 0.717) is 36.5 Å². The molecule has 0 bridgehead atoms. The van der Waals surface area contributed by atoms with Gasteiger partial charge in [0.2, 0.25) is 11.8 Å². The summed E-state index contributed by atoms with van der Waals surface area (Å²) in [5.74, 6) is -0.213. The number of carbonyl (C=O) groups excluding carboxylic acids is 2. The van der Waals surface area contributed by atoms with Crippen LogP contribution in [0.25, 0.3) is 11.1 Å². The standard InChI is InChI=1S/C29H31FN6O2/c1-17-22(7-10-27(32)35-17)16-34-28(37)18(2)36-29(38)26-12-20(15-33-26)11-19-3-5-21(6-4-19)25-9-8-24(30)13-23(25)14-31/h3-10,13,18,20,26,33H,11-12,15-16H2,1-2H3,(H2,32,35)(H,34,37)(H,36,38)/t18-,20-,26+/m0/s1. The summed E-state index contributed by atoms with van der Waals surface area (Å²) in [5.41, 5.74) is 10.2. The molecule has 5 N–H and O–H groups in total. The van der Waals surface area contributed by atoms with Gasteiger partial charge in [0.15, 0.2) is 0 Å². The molecule has 9 heteroatoms. The van der Waals surface area contributed by atoms with Gasteiger partial charge in [-0.3, -0.25) is 9.59 Å². The maximum Gasteiger partial charge on any atom is 0.242 e. The third-order valence-electron chi connectivity index (χ3n) is 6.85. The lowest BCUT2D eigenvalue weighted by atomic mass is 9.94. The highest BCUT2D eigenvalue weighted by Crippen LogP contribution is 2.26. The first kappa shape index (κ1) is 26.8. The maximum absolute atomic E-state index is 13.5. The Kier molecular flexibility index (Phi) is 8.34. The molecular weight excluding hydrogens is 483 g/mol. The van der Waals surface area contributed by atoms with E-state index in [-0.39, 0.29) is 23.8 Å². The number of halogens is 1. The third kappa shape index (κ3) is 6.52. The van der Waals surface area contributed by atoms with Crippen molar-refractivity contribution in [3.63, 3.8) is 0 Å². The number of anilines is 1. The molecule has 1 saturated heterocycles. The summed E-state index contributed by atoms with van der Waals surface area (Å²) in [6, 6.07) is 16.6. The summed E-state index contributed by atoms with van der Waals surface area (Å²) in [7, 11) is 0. The molecule has 0 aliphatic carbocycles. The number of pyridine rings is 1. The molecule has 2 aromatic carbocycles. The van der Waals surface area contributed by atoms with Gasteiger partial charge in [-0.1, -0.05) is 36.4 Å². The van der Waals surface area contributed by atoms with Gasteiger partial charge >= 0.3 is 0 Å². The highest BCUT2D eigenvalue weighted by molar-refractivity contribution is 5.89. The average Bonchev–Trinajstić information content (AvgIpc) is 3.37. The van der Waals surface area contributed by atoms with Crippen LogP contribution in [0.2, 0.25) is 0 Å². The molecule has 2 amide bonds. The van der Waals surface area contributed by atoms with Crippen LogP contribution in [0.4, 0.5) is 10.2 Å². The van der Waals surface area contributed by atoms with E-state index in [9.17, 15) is 19.2 Å². The number of hydrogen-bond acceptors (Lipinski definition) is 6. The summed E-state index contributed by atoms with van der Waals surface area (Å²) in [6.07, 6.45) is 1.45. The zero-order chi connectivity index (χ0) is 27.2. The lowest BCUT2D eigenvalue weighted by Gasteiger charge is -2.17. The first-order chi connectivity index (χ1) is 18.2. The molecule has 1 aliphatic heterocycles. The Morgan fingerprint density at radius 3 is 2.68 bits per heavy atom. The van der Waals surface area contributed by atoms with E-state index in [4.69, 9.17) is 5.73 Å². The summed E-state index contributed by atoms with van der Waals surface area (Å²) in [6.45, 7) is 4.49. The first-order valence-corrected chi connectivity index (χ1v) is 12.6. The molecule has 3 atom stereocenters. The van der Waals surface area contributed by atoms with Crippen molar-refractivity contribution in [1.29, 1.82) is 5.26 Å². The molecule has 0 radical (unpaired) electrons. The van der Waals surface area contributed by atoms with E-state index < -0.39 is 11.9 Å². The first-order valence-electron chi connectivity index (χ1n) is 12.6. The van der Waals surface area contributed by atoms with Crippen molar-refractivity contribution in [3.05, 3.63) is 82.8 Å². The van der Waals surface area contributed by atoms with Crippen LogP contribution >= 0.6 is 0 Å². The Morgan fingerprint density at radius 1 is 1.21 bits per heavy atom. The van der Waals surface area contributed by atoms with E-state index in [1.807, 2.05) is 43.3 Å². The Labute approximate surface area is 221 Å². The second kappa shape index (κ2) is 11.8. The van der Waals surface area contributed by atoms with Crippen molar-refractivity contribution >= 4 is 17.6 Å². The summed E-state index contributed by atoms with van der Waals surface area (Å²) in [5, 5.41) is 18.2. The van der Waals surface area contributed by atoms with Crippen molar-refractivity contribution in [1.82, 2.24) is 20.9 Å². The Balaban J connectivity index is 1.26. The number of hydrogen-bond donors (Lipinski definition) is 4. The van der Waals surface area contributed by atoms with Gasteiger partial charge in [-0.15, -0.1) is 0 Å². The van der Waals surface area contributed by atoms with Crippen LogP contribution in [0.5, 0.6) is 0 Å². The molecule has 1 fully saturated rings. The van der Waals surface area contributed by atoms with E-state index >= 15 is 0 Å². The van der Waals surface area contributed by atoms with Gasteiger partial charge in [0, 0.05) is 12.2 Å². The van der Waals surface area contributed by atoms with Gasteiger partial charge in [0.1, 0.15) is 17.7 Å². The Morgan fingerprint density at radius 2 is 1.97 bits per heavy atom. The normalized spacial score (nSPS) is 17.4. The summed E-state index contributed by atoms with van der Waals surface area (Å²) >= 11 is 0. The van der Waals surface area contributed by atoms with Crippen LogP contribution in [0.15, 0.2) is 54.6 Å². The highest BCUT2D eigenvalue weighted by Gasteiger charge is 2.31. The molecular formula is C29H31FN6O2. The van der Waals surface area contributed by atoms with Crippen LogP contribution in [0.1, 0.15) is 35.7 Å². The molecule has 38 heavy (non-hydrogen) atoms. The maximum atomic E-state index is 13.5. The molecule has 1 aromatic heterocycles. The fourth-order valence-electron chi connectivity index (χ4n) is 4.69. The number of rotatable bonds is 8. The lowest BCUT2D eigenvalue weighted by Crippen LogP contribution is -2.50. The largest absolute Gasteiger partial charge is 0.384 e. The van der Waals surface area contributed by atoms with Crippen LogP contribution in [0, 0.1) is 30.0 Å². The molecule has 1 aliphatic rings. The van der Waals surface area contributed by atoms with Crippen molar-refractivity contribution < 1.29 is 14.0 Å². The van der Waals surface area contributed by atoms with Crippen LogP contribution < -0.4 is 21.7 Å². The number of benzene rings is 2. The van der Waals surface area contributed by atoms with Crippen molar-refractivity contribution in [3.8, 4) is 17.2 Å². The fraction of sp³-hybridized carbons (Fsp3) is 0.310. The van der Waals surface area contributed by atoms with Crippen LogP contribution in [-0.4, -0.2) is 35.4 Å². The number of nitriles is 1. The number of nitrogens with two attached hydrogens (primary N) is 1. The molecule has 0 unspecified atom stereocenters. The second-order valence-corrected chi connectivity index (χ2v) is 9.69. The minimum atomic E-state index is -0.678. The molecule has 0 spiro atoms. The molecule has 8 nitrogen and oxygen atoms in total. The van der Waals surface area contributed by atoms with Crippen molar-refractivity contribution in [2.75, 3.05) is 12.3 Å². The van der Waals surface area contributed by atoms with Gasteiger partial charge in [-0.25, -0.2) is 9.37 Å². The van der Waals surface area contributed by atoms with E-state index in [2.05, 4.69) is 20.9 Å². The van der Waals surface area contributed by atoms with Crippen molar-refractivity contribution in [2.45, 2.75) is 45.3 Å². The molecule has 4 rings (SSSR count). The molecule has 2 heterocycles. The quantitative estimate of drug-likeness (QED) is 0.365. The molecule has 0 saturated carbocycles. The summed E-state index contributed by atoms with van der Waals surface area (Å²) < 4.78 is 13.5. The third-order valence-corrected chi connectivity index (χ3v) is 6.85. The van der Waals surface area contributed by atoms with Gasteiger partial charge in [0.25, 0.3) is 0 Å². The van der Waals surface area contributed by atoms with E-state index in [1.165, 1.54) is 12.1 Å². The number of aryl methyl sites for hydroxylation is 1. The SMILES string of the molecule is Cc1nc(N)ccc1CNC(=O)[C@H](C)NC(=O)[C@H]1C[C@H](Cc2ccc(-c3ccc(F)cc3C#N)cc2)CN1. The van der Waals surface area contributed by atoms with Gasteiger partial charge in [-0.2, -0.15) is 5.26 Å². The number of amides is 2. The smallest absolute Gasteiger partial charge is 0.242 e. The Bertz CT molecular complexity index is 1370. The minimum Gasteiger partial charge on any atom is -0.384 e. The second-order valence-electron chi connectivity index (χ2n) is 9.69. The predicted molar refractivity (Wildman–Crippen MR) is 143 cm³/mol. The van der Waals surface area contributed by atoms with E-state index in [1.54, 1.807) is 19.1 Å². The number of nitrogen functional groups attached to an aromatic ring is 1. The van der Waals surface area contributed by atoms with E-state index in [0.717, 1.165) is 28.8 Å². The number of carbonyl (C=O) groups is 2. The number of aromatic nitrogens is 1.